The van der Waals surface area contributed by atoms with Gasteiger partial charge in [-0.3, -0.25) is 4.79 Å². The number of rotatable bonds is 3. The maximum absolute atomic E-state index is 10.4. The molecule has 3 N–H and O–H groups in total. The van der Waals surface area contributed by atoms with Crippen LogP contribution < -0.4 is 5.73 Å². The van der Waals surface area contributed by atoms with E-state index in [0.717, 1.165) is 12.8 Å². The van der Waals surface area contributed by atoms with Crippen molar-refractivity contribution in [3.8, 4) is 0 Å². The fourth-order valence-corrected chi connectivity index (χ4v) is 1.93. The molecule has 70 valence electrons. The van der Waals surface area contributed by atoms with Crippen LogP contribution in [0.15, 0.2) is 0 Å². The van der Waals surface area contributed by atoms with Crippen LogP contribution in [0, 0.1) is 5.92 Å². The Morgan fingerprint density at radius 3 is 2.50 bits per heavy atom. The van der Waals surface area contributed by atoms with Crippen LogP contribution in [0.4, 0.5) is 0 Å². The number of nitrogens with two attached hydrogens (primary N) is 1. The van der Waals surface area contributed by atoms with Gasteiger partial charge in [-0.25, -0.2) is 0 Å². The first kappa shape index (κ1) is 9.52. The minimum Gasteiger partial charge on any atom is -0.481 e. The van der Waals surface area contributed by atoms with Gasteiger partial charge in [0.05, 0.1) is 6.42 Å². The molecule has 0 heterocycles. The molecule has 1 rings (SSSR count). The van der Waals surface area contributed by atoms with Crippen molar-refractivity contribution in [1.29, 1.82) is 0 Å². The molecule has 0 aromatic rings. The molecular formula is C9H17NO2. The van der Waals surface area contributed by atoms with Gasteiger partial charge in [-0.2, -0.15) is 0 Å². The van der Waals surface area contributed by atoms with Crippen molar-refractivity contribution in [3.05, 3.63) is 0 Å². The second-order valence-electron chi connectivity index (χ2n) is 3.66. The predicted molar refractivity (Wildman–Crippen MR) is 46.8 cm³/mol. The number of carboxylic acids is 1. The average Bonchev–Trinajstić information content (AvgIpc) is 2.05. The number of carboxylic acid groups (broad SMARTS) is 1. The molecule has 0 amide bonds. The molecule has 0 aromatic carbocycles. The van der Waals surface area contributed by atoms with E-state index < -0.39 is 5.97 Å². The van der Waals surface area contributed by atoms with Crippen molar-refractivity contribution in [2.24, 2.45) is 11.7 Å². The fraction of sp³-hybridized carbons (Fsp3) is 0.889. The summed E-state index contributed by atoms with van der Waals surface area (Å²) in [6.07, 6.45) is 6.10. The molecule has 0 bridgehead atoms. The molecule has 1 aliphatic rings. The van der Waals surface area contributed by atoms with Crippen LogP contribution in [-0.2, 0) is 4.79 Å². The Balaban J connectivity index is 2.29. The molecule has 3 nitrogen and oxygen atoms in total. The van der Waals surface area contributed by atoms with E-state index in [-0.39, 0.29) is 12.5 Å². The Hall–Kier alpha value is -0.570. The van der Waals surface area contributed by atoms with Gasteiger partial charge in [0.1, 0.15) is 0 Å². The minimum atomic E-state index is -0.770. The van der Waals surface area contributed by atoms with Crippen LogP contribution >= 0.6 is 0 Å². The minimum absolute atomic E-state index is 0.122. The monoisotopic (exact) mass is 171 g/mol. The molecule has 0 aromatic heterocycles. The maximum Gasteiger partial charge on any atom is 0.304 e. The summed E-state index contributed by atoms with van der Waals surface area (Å²) in [5, 5.41) is 8.53. The number of hydrogen-bond acceptors (Lipinski definition) is 2. The van der Waals surface area contributed by atoms with E-state index in [1.165, 1.54) is 19.3 Å². The second-order valence-corrected chi connectivity index (χ2v) is 3.66. The normalized spacial score (nSPS) is 22.1. The second kappa shape index (κ2) is 4.45. The lowest BCUT2D eigenvalue weighted by Crippen LogP contribution is -2.33. The van der Waals surface area contributed by atoms with Crippen molar-refractivity contribution in [1.82, 2.24) is 0 Å². The van der Waals surface area contributed by atoms with E-state index in [2.05, 4.69) is 0 Å². The quantitative estimate of drug-likeness (QED) is 0.674. The molecule has 3 heteroatoms. The van der Waals surface area contributed by atoms with Gasteiger partial charge >= 0.3 is 5.97 Å². The summed E-state index contributed by atoms with van der Waals surface area (Å²) in [6, 6.07) is -0.122. The third-order valence-corrected chi connectivity index (χ3v) is 2.67. The standard InChI is InChI=1S/C9H17NO2/c10-8(6-9(11)12)7-4-2-1-3-5-7/h7-8H,1-6,10H2,(H,11,12)/t8-/m0/s1. The molecule has 1 atom stereocenters. The summed E-state index contributed by atoms with van der Waals surface area (Å²) in [7, 11) is 0. The smallest absolute Gasteiger partial charge is 0.304 e. The lowest BCUT2D eigenvalue weighted by atomic mass is 9.83. The lowest BCUT2D eigenvalue weighted by Gasteiger charge is -2.26. The largest absolute Gasteiger partial charge is 0.481 e. The summed E-state index contributed by atoms with van der Waals surface area (Å²) < 4.78 is 0. The lowest BCUT2D eigenvalue weighted by molar-refractivity contribution is -0.137. The van der Waals surface area contributed by atoms with E-state index in [9.17, 15) is 4.79 Å². The first-order chi connectivity index (χ1) is 5.70. The topological polar surface area (TPSA) is 63.3 Å². The molecule has 1 saturated carbocycles. The number of aliphatic carboxylic acids is 1. The molecule has 1 aliphatic carbocycles. The Morgan fingerprint density at radius 2 is 2.00 bits per heavy atom. The van der Waals surface area contributed by atoms with Crippen molar-refractivity contribution < 1.29 is 9.90 Å². The Labute approximate surface area is 72.9 Å². The zero-order valence-corrected chi connectivity index (χ0v) is 7.33. The summed E-state index contributed by atoms with van der Waals surface area (Å²) >= 11 is 0. The Morgan fingerprint density at radius 1 is 1.42 bits per heavy atom. The fourth-order valence-electron chi connectivity index (χ4n) is 1.93. The highest BCUT2D eigenvalue weighted by Gasteiger charge is 2.21. The van der Waals surface area contributed by atoms with Gasteiger partial charge in [0.2, 0.25) is 0 Å². The van der Waals surface area contributed by atoms with Crippen LogP contribution in [0.3, 0.4) is 0 Å². The van der Waals surface area contributed by atoms with E-state index in [0.29, 0.717) is 5.92 Å². The number of hydrogen-bond donors (Lipinski definition) is 2. The van der Waals surface area contributed by atoms with Crippen molar-refractivity contribution in [3.63, 3.8) is 0 Å². The Bertz CT molecular complexity index is 153. The van der Waals surface area contributed by atoms with Gasteiger partial charge < -0.3 is 10.8 Å². The summed E-state index contributed by atoms with van der Waals surface area (Å²) in [5.41, 5.74) is 5.77. The predicted octanol–water partition coefficient (Wildman–Crippen LogP) is 1.37. The summed E-state index contributed by atoms with van der Waals surface area (Å²) in [6.45, 7) is 0. The van der Waals surface area contributed by atoms with Gasteiger partial charge in [0.25, 0.3) is 0 Å². The SMILES string of the molecule is N[C@@H](CC(=O)O)C1CCCCC1. The molecule has 0 spiro atoms. The van der Waals surface area contributed by atoms with Crippen LogP contribution in [0.5, 0.6) is 0 Å². The summed E-state index contributed by atoms with van der Waals surface area (Å²) in [5.74, 6) is -0.317. The van der Waals surface area contributed by atoms with Gasteiger partial charge in [-0.05, 0) is 18.8 Å². The zero-order chi connectivity index (χ0) is 8.97. The molecule has 0 unspecified atom stereocenters. The van der Waals surface area contributed by atoms with Crippen LogP contribution in [0.25, 0.3) is 0 Å². The first-order valence-corrected chi connectivity index (χ1v) is 4.67. The molecule has 12 heavy (non-hydrogen) atoms. The molecule has 0 aliphatic heterocycles. The average molecular weight is 171 g/mol. The van der Waals surface area contributed by atoms with Crippen LogP contribution in [-0.4, -0.2) is 17.1 Å². The van der Waals surface area contributed by atoms with E-state index in [1.54, 1.807) is 0 Å². The first-order valence-electron chi connectivity index (χ1n) is 4.67. The third kappa shape index (κ3) is 2.81. The van der Waals surface area contributed by atoms with Crippen LogP contribution in [0.1, 0.15) is 38.5 Å². The van der Waals surface area contributed by atoms with Crippen molar-refractivity contribution >= 4 is 5.97 Å². The highest BCUT2D eigenvalue weighted by Crippen LogP contribution is 2.26. The van der Waals surface area contributed by atoms with Crippen LogP contribution in [0.2, 0.25) is 0 Å². The summed E-state index contributed by atoms with van der Waals surface area (Å²) in [4.78, 5) is 10.4. The van der Waals surface area contributed by atoms with Gasteiger partial charge in [-0.15, -0.1) is 0 Å². The zero-order valence-electron chi connectivity index (χ0n) is 7.33. The highest BCUT2D eigenvalue weighted by molar-refractivity contribution is 5.67. The van der Waals surface area contributed by atoms with Crippen molar-refractivity contribution in [2.45, 2.75) is 44.6 Å². The third-order valence-electron chi connectivity index (χ3n) is 2.67. The van der Waals surface area contributed by atoms with E-state index >= 15 is 0 Å². The highest BCUT2D eigenvalue weighted by atomic mass is 16.4. The molecule has 0 saturated heterocycles. The number of carbonyl (C=O) groups is 1. The Kier molecular flexibility index (Phi) is 3.53. The molecule has 1 fully saturated rings. The van der Waals surface area contributed by atoms with E-state index in [4.69, 9.17) is 10.8 Å². The van der Waals surface area contributed by atoms with Gasteiger partial charge in [0, 0.05) is 6.04 Å². The van der Waals surface area contributed by atoms with E-state index in [1.807, 2.05) is 0 Å². The molecular weight excluding hydrogens is 154 g/mol. The van der Waals surface area contributed by atoms with Gasteiger partial charge in [-0.1, -0.05) is 19.3 Å². The van der Waals surface area contributed by atoms with Crippen molar-refractivity contribution in [2.75, 3.05) is 0 Å². The molecule has 0 radical (unpaired) electrons. The van der Waals surface area contributed by atoms with Gasteiger partial charge in [0.15, 0.2) is 0 Å². The maximum atomic E-state index is 10.4.